The Kier molecular flexibility index (Phi) is 5.18. The number of rotatable bonds is 4. The Labute approximate surface area is 142 Å². The van der Waals surface area contributed by atoms with Gasteiger partial charge in [-0.3, -0.25) is 9.59 Å². The molecule has 0 bridgehead atoms. The van der Waals surface area contributed by atoms with E-state index in [0.717, 1.165) is 31.2 Å². The van der Waals surface area contributed by atoms with E-state index in [1.807, 2.05) is 6.20 Å². The first-order valence-corrected chi connectivity index (χ1v) is 8.77. The third kappa shape index (κ3) is 3.78. The van der Waals surface area contributed by atoms with E-state index < -0.39 is 5.92 Å². The highest BCUT2D eigenvalue weighted by Crippen LogP contribution is 2.20. The Hall–Kier alpha value is -2.30. The molecule has 1 aliphatic rings. The van der Waals surface area contributed by atoms with Crippen LogP contribution < -0.4 is 10.6 Å². The predicted octanol–water partition coefficient (Wildman–Crippen LogP) is 2.44. The summed E-state index contributed by atoms with van der Waals surface area (Å²) < 4.78 is 0. The van der Waals surface area contributed by atoms with E-state index >= 15 is 0 Å². The molecular weight excluding hydrogens is 302 g/mol. The van der Waals surface area contributed by atoms with Gasteiger partial charge in [0, 0.05) is 30.2 Å². The third-order valence-corrected chi connectivity index (χ3v) is 4.72. The number of carbonyl (C=O) groups is 2. The molecular formula is C19H25N3O2. The maximum absolute atomic E-state index is 12.3. The fraction of sp³-hybridized carbons (Fsp3) is 0.474. The van der Waals surface area contributed by atoms with Crippen molar-refractivity contribution in [2.45, 2.75) is 39.0 Å². The summed E-state index contributed by atoms with van der Waals surface area (Å²) in [5.74, 6) is -0.823. The Bertz CT molecular complexity index is 735. The van der Waals surface area contributed by atoms with Crippen LogP contribution in [0.4, 0.5) is 0 Å². The zero-order valence-electron chi connectivity index (χ0n) is 14.2. The van der Waals surface area contributed by atoms with Gasteiger partial charge in [-0.15, -0.1) is 0 Å². The van der Waals surface area contributed by atoms with Crippen LogP contribution in [0.25, 0.3) is 10.9 Å². The lowest BCUT2D eigenvalue weighted by Gasteiger charge is -2.19. The summed E-state index contributed by atoms with van der Waals surface area (Å²) in [6.45, 7) is 3.30. The lowest BCUT2D eigenvalue weighted by Crippen LogP contribution is -2.43. The van der Waals surface area contributed by atoms with Crippen molar-refractivity contribution in [2.75, 3.05) is 13.1 Å². The number of aromatic nitrogens is 1. The van der Waals surface area contributed by atoms with E-state index in [4.69, 9.17) is 0 Å². The van der Waals surface area contributed by atoms with Crippen LogP contribution in [0.15, 0.2) is 24.4 Å². The van der Waals surface area contributed by atoms with Gasteiger partial charge in [-0.1, -0.05) is 24.5 Å². The number of H-pyrrole nitrogens is 1. The molecule has 5 nitrogen and oxygen atoms in total. The Morgan fingerprint density at radius 3 is 3.04 bits per heavy atom. The molecule has 2 amide bonds. The maximum Gasteiger partial charge on any atom is 0.232 e. The largest absolute Gasteiger partial charge is 0.361 e. The molecule has 1 fully saturated rings. The van der Waals surface area contributed by atoms with Gasteiger partial charge in [0.1, 0.15) is 5.92 Å². The monoisotopic (exact) mass is 327 g/mol. The van der Waals surface area contributed by atoms with Gasteiger partial charge in [0.15, 0.2) is 0 Å². The second kappa shape index (κ2) is 7.51. The standard InChI is InChI=1S/C19H25N3O2/c1-13-6-7-17-16(11-13)14(12-22-17)8-10-21-19(24)15-5-3-2-4-9-20-18(15)23/h6-7,11-12,15,22H,2-5,8-10H2,1H3,(H,20,23)(H,21,24). The van der Waals surface area contributed by atoms with Gasteiger partial charge >= 0.3 is 0 Å². The highest BCUT2D eigenvalue weighted by atomic mass is 16.2. The van der Waals surface area contributed by atoms with Gasteiger partial charge in [0.2, 0.25) is 11.8 Å². The molecule has 1 aromatic heterocycles. The first-order valence-electron chi connectivity index (χ1n) is 8.77. The molecule has 1 aliphatic heterocycles. The van der Waals surface area contributed by atoms with E-state index in [-0.39, 0.29) is 11.8 Å². The van der Waals surface area contributed by atoms with Crippen LogP contribution in [0.3, 0.4) is 0 Å². The van der Waals surface area contributed by atoms with Gasteiger partial charge in [-0.2, -0.15) is 0 Å². The molecule has 1 saturated heterocycles. The fourth-order valence-electron chi connectivity index (χ4n) is 3.31. The van der Waals surface area contributed by atoms with Gasteiger partial charge in [-0.05, 0) is 43.9 Å². The molecule has 1 unspecified atom stereocenters. The van der Waals surface area contributed by atoms with E-state index in [0.29, 0.717) is 19.5 Å². The van der Waals surface area contributed by atoms with Crippen molar-refractivity contribution < 1.29 is 9.59 Å². The lowest BCUT2D eigenvalue weighted by atomic mass is 9.97. The zero-order chi connectivity index (χ0) is 16.9. The van der Waals surface area contributed by atoms with Crippen molar-refractivity contribution in [3.8, 4) is 0 Å². The van der Waals surface area contributed by atoms with Gasteiger partial charge in [0.25, 0.3) is 0 Å². The fourth-order valence-corrected chi connectivity index (χ4v) is 3.31. The van der Waals surface area contributed by atoms with Crippen LogP contribution in [-0.2, 0) is 16.0 Å². The van der Waals surface area contributed by atoms with E-state index in [9.17, 15) is 9.59 Å². The molecule has 0 aliphatic carbocycles. The number of fused-ring (bicyclic) bond motifs is 1. The van der Waals surface area contributed by atoms with Crippen LogP contribution in [0.1, 0.15) is 36.8 Å². The number of hydrogen-bond donors (Lipinski definition) is 3. The third-order valence-electron chi connectivity index (χ3n) is 4.72. The molecule has 5 heteroatoms. The number of aromatic amines is 1. The summed E-state index contributed by atoms with van der Waals surface area (Å²) in [5.41, 5.74) is 3.52. The SMILES string of the molecule is Cc1ccc2[nH]cc(CCNC(=O)C3CCCCCNC3=O)c2c1. The number of amides is 2. The molecule has 2 aromatic rings. The first kappa shape index (κ1) is 16.6. The predicted molar refractivity (Wildman–Crippen MR) is 94.7 cm³/mol. The molecule has 0 saturated carbocycles. The van der Waals surface area contributed by atoms with Crippen molar-refractivity contribution in [1.82, 2.24) is 15.6 Å². The van der Waals surface area contributed by atoms with Crippen LogP contribution in [-0.4, -0.2) is 29.9 Å². The summed E-state index contributed by atoms with van der Waals surface area (Å²) >= 11 is 0. The summed E-state index contributed by atoms with van der Waals surface area (Å²) in [4.78, 5) is 27.6. The average Bonchev–Trinajstić information content (AvgIpc) is 2.93. The molecule has 1 aromatic carbocycles. The molecule has 3 N–H and O–H groups in total. The van der Waals surface area contributed by atoms with Crippen LogP contribution in [0, 0.1) is 12.8 Å². The van der Waals surface area contributed by atoms with E-state index in [1.54, 1.807) is 0 Å². The lowest BCUT2D eigenvalue weighted by molar-refractivity contribution is -0.135. The van der Waals surface area contributed by atoms with Crippen molar-refractivity contribution in [3.05, 3.63) is 35.5 Å². The number of carbonyl (C=O) groups excluding carboxylic acids is 2. The summed E-state index contributed by atoms with van der Waals surface area (Å²) in [7, 11) is 0. The number of aryl methyl sites for hydroxylation is 1. The van der Waals surface area contributed by atoms with Gasteiger partial charge in [-0.25, -0.2) is 0 Å². The van der Waals surface area contributed by atoms with Crippen molar-refractivity contribution in [1.29, 1.82) is 0 Å². The second-order valence-electron chi connectivity index (χ2n) is 6.60. The Balaban J connectivity index is 1.57. The summed E-state index contributed by atoms with van der Waals surface area (Å²) in [6, 6.07) is 6.31. The van der Waals surface area contributed by atoms with Gasteiger partial charge in [0.05, 0.1) is 0 Å². The Morgan fingerprint density at radius 2 is 2.17 bits per heavy atom. The zero-order valence-corrected chi connectivity index (χ0v) is 14.2. The van der Waals surface area contributed by atoms with Gasteiger partial charge < -0.3 is 15.6 Å². The number of hydrogen-bond acceptors (Lipinski definition) is 2. The number of benzene rings is 1. The van der Waals surface area contributed by atoms with Crippen molar-refractivity contribution >= 4 is 22.7 Å². The van der Waals surface area contributed by atoms with Crippen LogP contribution in [0.2, 0.25) is 0 Å². The average molecular weight is 327 g/mol. The van der Waals surface area contributed by atoms with Crippen molar-refractivity contribution in [3.63, 3.8) is 0 Å². The minimum Gasteiger partial charge on any atom is -0.361 e. The topological polar surface area (TPSA) is 74.0 Å². The molecule has 0 radical (unpaired) electrons. The molecule has 24 heavy (non-hydrogen) atoms. The first-order chi connectivity index (χ1) is 11.6. The molecule has 0 spiro atoms. The summed E-state index contributed by atoms with van der Waals surface area (Å²) in [5, 5.41) is 6.98. The maximum atomic E-state index is 12.3. The normalized spacial score (nSPS) is 18.7. The number of nitrogens with one attached hydrogen (secondary N) is 3. The molecule has 3 rings (SSSR count). The second-order valence-corrected chi connectivity index (χ2v) is 6.60. The quantitative estimate of drug-likeness (QED) is 0.755. The highest BCUT2D eigenvalue weighted by molar-refractivity contribution is 6.00. The highest BCUT2D eigenvalue weighted by Gasteiger charge is 2.26. The van der Waals surface area contributed by atoms with Crippen LogP contribution >= 0.6 is 0 Å². The minimum atomic E-state index is -0.546. The van der Waals surface area contributed by atoms with Crippen LogP contribution in [0.5, 0.6) is 0 Å². The Morgan fingerprint density at radius 1 is 1.29 bits per heavy atom. The van der Waals surface area contributed by atoms with E-state index in [1.165, 1.54) is 16.5 Å². The minimum absolute atomic E-state index is 0.130. The molecule has 128 valence electrons. The summed E-state index contributed by atoms with van der Waals surface area (Å²) in [6.07, 6.45) is 6.40. The molecule has 2 heterocycles. The molecule has 1 atom stereocenters. The smallest absolute Gasteiger partial charge is 0.232 e. The van der Waals surface area contributed by atoms with E-state index in [2.05, 4.69) is 40.7 Å². The van der Waals surface area contributed by atoms with Crippen molar-refractivity contribution in [2.24, 2.45) is 5.92 Å².